The van der Waals surface area contributed by atoms with Crippen LogP contribution < -0.4 is 5.73 Å². The van der Waals surface area contributed by atoms with E-state index in [0.29, 0.717) is 13.0 Å². The third kappa shape index (κ3) is 1.60. The number of phenols is 1. The van der Waals surface area contributed by atoms with E-state index < -0.39 is 0 Å². The third-order valence-corrected chi connectivity index (χ3v) is 3.82. The highest BCUT2D eigenvalue weighted by Gasteiger charge is 2.38. The van der Waals surface area contributed by atoms with Gasteiger partial charge in [0.25, 0.3) is 0 Å². The molecule has 90 valence electrons. The molecule has 1 amide bonds. The summed E-state index contributed by atoms with van der Waals surface area (Å²) in [7, 11) is 0. The zero-order valence-electron chi connectivity index (χ0n) is 9.60. The summed E-state index contributed by atoms with van der Waals surface area (Å²) >= 11 is 0. The molecule has 1 saturated heterocycles. The minimum Gasteiger partial charge on any atom is -0.508 e. The fourth-order valence-corrected chi connectivity index (χ4v) is 2.98. The Labute approximate surface area is 100 Å². The molecule has 1 aromatic rings. The number of fused-ring (bicyclic) bond motifs is 3. The van der Waals surface area contributed by atoms with Gasteiger partial charge in [0, 0.05) is 19.0 Å². The van der Waals surface area contributed by atoms with E-state index in [-0.39, 0.29) is 23.7 Å². The fourth-order valence-electron chi connectivity index (χ4n) is 2.98. The predicted octanol–water partition coefficient (Wildman–Crippen LogP) is 0.939. The van der Waals surface area contributed by atoms with Crippen LogP contribution in [0, 0.1) is 0 Å². The predicted molar refractivity (Wildman–Crippen MR) is 63.5 cm³/mol. The summed E-state index contributed by atoms with van der Waals surface area (Å²) in [6, 6.07) is 5.38. The number of nitrogens with two attached hydrogens (primary N) is 1. The van der Waals surface area contributed by atoms with Gasteiger partial charge in [-0.25, -0.2) is 0 Å². The molecule has 2 unspecified atom stereocenters. The average molecular weight is 232 g/mol. The topological polar surface area (TPSA) is 66.6 Å². The van der Waals surface area contributed by atoms with Gasteiger partial charge in [-0.2, -0.15) is 0 Å². The molecule has 0 bridgehead atoms. The number of carbonyl (C=O) groups is 1. The van der Waals surface area contributed by atoms with E-state index in [1.165, 1.54) is 0 Å². The van der Waals surface area contributed by atoms with Crippen LogP contribution in [0.1, 0.15) is 30.0 Å². The van der Waals surface area contributed by atoms with Crippen LogP contribution >= 0.6 is 0 Å². The zero-order chi connectivity index (χ0) is 12.0. The Morgan fingerprint density at radius 2 is 2.18 bits per heavy atom. The summed E-state index contributed by atoms with van der Waals surface area (Å²) in [4.78, 5) is 13.8. The maximum atomic E-state index is 11.9. The Kier molecular flexibility index (Phi) is 2.33. The highest BCUT2D eigenvalue weighted by Crippen LogP contribution is 2.37. The van der Waals surface area contributed by atoms with E-state index in [1.54, 1.807) is 12.1 Å². The summed E-state index contributed by atoms with van der Waals surface area (Å²) in [6.45, 7) is 0.716. The Balaban J connectivity index is 2.06. The van der Waals surface area contributed by atoms with Gasteiger partial charge in [0.05, 0.1) is 6.04 Å². The van der Waals surface area contributed by atoms with Gasteiger partial charge in [-0.1, -0.05) is 6.07 Å². The molecule has 2 atom stereocenters. The Bertz CT molecular complexity index is 472. The first-order valence-corrected chi connectivity index (χ1v) is 6.03. The van der Waals surface area contributed by atoms with Crippen LogP contribution in [-0.2, 0) is 11.2 Å². The molecule has 0 spiro atoms. The summed E-state index contributed by atoms with van der Waals surface area (Å²) in [5, 5.41) is 9.49. The third-order valence-electron chi connectivity index (χ3n) is 3.82. The van der Waals surface area contributed by atoms with Gasteiger partial charge in [0.15, 0.2) is 0 Å². The first-order chi connectivity index (χ1) is 8.16. The van der Waals surface area contributed by atoms with Crippen molar-refractivity contribution in [2.24, 2.45) is 5.73 Å². The van der Waals surface area contributed by atoms with Crippen LogP contribution in [0.5, 0.6) is 5.75 Å². The number of hydrogen-bond donors (Lipinski definition) is 2. The highest BCUT2D eigenvalue weighted by atomic mass is 16.3. The Morgan fingerprint density at radius 1 is 1.35 bits per heavy atom. The molecule has 1 fully saturated rings. The van der Waals surface area contributed by atoms with Crippen molar-refractivity contribution in [2.45, 2.75) is 31.3 Å². The lowest BCUT2D eigenvalue weighted by atomic mass is 9.84. The van der Waals surface area contributed by atoms with Crippen LogP contribution in [0.4, 0.5) is 0 Å². The lowest BCUT2D eigenvalue weighted by Crippen LogP contribution is -2.51. The van der Waals surface area contributed by atoms with Crippen molar-refractivity contribution in [3.05, 3.63) is 29.3 Å². The van der Waals surface area contributed by atoms with E-state index in [2.05, 4.69) is 0 Å². The van der Waals surface area contributed by atoms with Gasteiger partial charge in [0.2, 0.25) is 5.91 Å². The molecule has 1 aromatic carbocycles. The molecule has 4 nitrogen and oxygen atoms in total. The van der Waals surface area contributed by atoms with Crippen LogP contribution in [0.25, 0.3) is 0 Å². The molecule has 0 aromatic heterocycles. The number of amides is 1. The second kappa shape index (κ2) is 3.74. The van der Waals surface area contributed by atoms with E-state index in [1.807, 2.05) is 11.0 Å². The number of rotatable bonds is 0. The van der Waals surface area contributed by atoms with Crippen LogP contribution in [0.2, 0.25) is 0 Å². The van der Waals surface area contributed by atoms with E-state index in [0.717, 1.165) is 24.0 Å². The van der Waals surface area contributed by atoms with Gasteiger partial charge in [-0.05, 0) is 36.1 Å². The van der Waals surface area contributed by atoms with E-state index >= 15 is 0 Å². The Morgan fingerprint density at radius 3 is 3.00 bits per heavy atom. The first kappa shape index (κ1) is 10.6. The zero-order valence-corrected chi connectivity index (χ0v) is 9.60. The minimum atomic E-state index is 0.000556. The molecular weight excluding hydrogens is 216 g/mol. The highest BCUT2D eigenvalue weighted by molar-refractivity contribution is 5.78. The van der Waals surface area contributed by atoms with Gasteiger partial charge in [-0.15, -0.1) is 0 Å². The number of benzene rings is 1. The average Bonchev–Trinajstić information content (AvgIpc) is 2.32. The molecule has 2 aliphatic rings. The molecule has 2 aliphatic heterocycles. The number of piperidine rings is 1. The molecule has 4 heteroatoms. The number of carbonyl (C=O) groups excluding carboxylic acids is 1. The molecule has 0 radical (unpaired) electrons. The molecule has 17 heavy (non-hydrogen) atoms. The second-order valence-corrected chi connectivity index (χ2v) is 4.87. The molecule has 2 heterocycles. The summed E-state index contributed by atoms with van der Waals surface area (Å²) in [5.74, 6) is 0.489. The van der Waals surface area contributed by atoms with Gasteiger partial charge < -0.3 is 15.7 Å². The molecule has 0 aliphatic carbocycles. The summed E-state index contributed by atoms with van der Waals surface area (Å²) < 4.78 is 0. The molecule has 0 saturated carbocycles. The lowest BCUT2D eigenvalue weighted by Gasteiger charge is -2.43. The second-order valence-electron chi connectivity index (χ2n) is 4.87. The Hall–Kier alpha value is -1.55. The van der Waals surface area contributed by atoms with E-state index in [9.17, 15) is 9.90 Å². The van der Waals surface area contributed by atoms with Crippen LogP contribution in [0.3, 0.4) is 0 Å². The molecule has 3 N–H and O–H groups in total. The summed E-state index contributed by atoms with van der Waals surface area (Å²) in [6.07, 6.45) is 2.12. The maximum Gasteiger partial charge on any atom is 0.223 e. The monoisotopic (exact) mass is 232 g/mol. The van der Waals surface area contributed by atoms with Crippen molar-refractivity contribution < 1.29 is 9.90 Å². The largest absolute Gasteiger partial charge is 0.508 e. The normalized spacial score (nSPS) is 27.6. The maximum absolute atomic E-state index is 11.9. The van der Waals surface area contributed by atoms with Crippen molar-refractivity contribution in [1.82, 2.24) is 4.90 Å². The number of aromatic hydroxyl groups is 1. The van der Waals surface area contributed by atoms with Crippen LogP contribution in [-0.4, -0.2) is 28.5 Å². The quantitative estimate of drug-likeness (QED) is 0.699. The van der Waals surface area contributed by atoms with Crippen molar-refractivity contribution in [2.75, 3.05) is 6.54 Å². The van der Waals surface area contributed by atoms with Gasteiger partial charge in [-0.3, -0.25) is 4.79 Å². The smallest absolute Gasteiger partial charge is 0.223 e. The van der Waals surface area contributed by atoms with Gasteiger partial charge >= 0.3 is 0 Å². The fraction of sp³-hybridized carbons (Fsp3) is 0.462. The summed E-state index contributed by atoms with van der Waals surface area (Å²) in [5.41, 5.74) is 8.38. The van der Waals surface area contributed by atoms with Crippen molar-refractivity contribution in [3.63, 3.8) is 0 Å². The minimum absolute atomic E-state index is 0.000556. The van der Waals surface area contributed by atoms with Gasteiger partial charge in [0.1, 0.15) is 5.75 Å². The number of nitrogens with zero attached hydrogens (tertiary/aromatic N) is 1. The van der Waals surface area contributed by atoms with Crippen molar-refractivity contribution in [1.29, 1.82) is 0 Å². The van der Waals surface area contributed by atoms with Crippen molar-refractivity contribution >= 4 is 5.91 Å². The molecule has 3 rings (SSSR count). The van der Waals surface area contributed by atoms with E-state index in [4.69, 9.17) is 5.73 Å². The van der Waals surface area contributed by atoms with Crippen molar-refractivity contribution in [3.8, 4) is 5.75 Å². The lowest BCUT2D eigenvalue weighted by molar-refractivity contribution is -0.137. The molecular formula is C13H16N2O2. The standard InChI is InChI=1S/C13H16N2O2/c14-11-3-4-12(17)15-6-5-8-7-9(16)1-2-10(8)13(11)15/h1-2,7,11,13,16H,3-6,14H2. The number of hydrogen-bond acceptors (Lipinski definition) is 3. The SMILES string of the molecule is NC1CCC(=O)N2CCc3cc(O)ccc3C12. The number of phenolic OH excluding ortho intramolecular Hbond substituents is 1. The van der Waals surface area contributed by atoms with Crippen LogP contribution in [0.15, 0.2) is 18.2 Å². The first-order valence-electron chi connectivity index (χ1n) is 6.03.